The van der Waals surface area contributed by atoms with E-state index in [1.165, 1.54) is 25.7 Å². The predicted molar refractivity (Wildman–Crippen MR) is 53.8 cm³/mol. The second-order valence-electron chi connectivity index (χ2n) is 3.77. The lowest BCUT2D eigenvalue weighted by Gasteiger charge is -2.14. The van der Waals surface area contributed by atoms with Crippen LogP contribution in [0.5, 0.6) is 0 Å². The van der Waals surface area contributed by atoms with Crippen molar-refractivity contribution in [2.45, 2.75) is 38.7 Å². The highest BCUT2D eigenvalue weighted by molar-refractivity contribution is 7.11. The first-order valence-corrected chi connectivity index (χ1v) is 5.69. The van der Waals surface area contributed by atoms with Crippen molar-refractivity contribution in [1.82, 2.24) is 4.98 Å². The summed E-state index contributed by atoms with van der Waals surface area (Å²) in [5, 5.41) is 11.1. The fourth-order valence-electron chi connectivity index (χ4n) is 2.02. The van der Waals surface area contributed by atoms with Crippen LogP contribution in [0, 0.1) is 12.8 Å². The zero-order valence-corrected chi connectivity index (χ0v) is 8.68. The second kappa shape index (κ2) is 3.76. The molecule has 1 fully saturated rings. The smallest absolute Gasteiger partial charge is 0.0926 e. The van der Waals surface area contributed by atoms with Crippen molar-refractivity contribution in [3.05, 3.63) is 16.1 Å². The Hall–Kier alpha value is -0.410. The van der Waals surface area contributed by atoms with Gasteiger partial charge in [0.2, 0.25) is 0 Å². The van der Waals surface area contributed by atoms with Crippen LogP contribution in [0.4, 0.5) is 0 Å². The van der Waals surface area contributed by atoms with Crippen molar-refractivity contribution in [3.8, 4) is 0 Å². The fraction of sp³-hybridized carbons (Fsp3) is 0.700. The molecule has 1 N–H and O–H groups in total. The van der Waals surface area contributed by atoms with E-state index in [-0.39, 0.29) is 6.10 Å². The lowest BCUT2D eigenvalue weighted by Crippen LogP contribution is -2.06. The third-order valence-electron chi connectivity index (χ3n) is 2.78. The van der Waals surface area contributed by atoms with E-state index in [1.807, 2.05) is 13.1 Å². The Balaban J connectivity index is 2.07. The Kier molecular flexibility index (Phi) is 2.65. The number of aryl methyl sites for hydroxylation is 1. The zero-order valence-electron chi connectivity index (χ0n) is 7.86. The molecule has 1 saturated carbocycles. The summed E-state index contributed by atoms with van der Waals surface area (Å²) < 4.78 is 0. The maximum atomic E-state index is 10.0. The highest BCUT2D eigenvalue weighted by atomic mass is 32.1. The van der Waals surface area contributed by atoms with Crippen LogP contribution in [0.2, 0.25) is 0 Å². The molecule has 0 aromatic carbocycles. The minimum absolute atomic E-state index is 0.256. The Labute approximate surface area is 82.6 Å². The molecule has 0 saturated heterocycles. The normalized spacial score (nSPS) is 20.8. The maximum absolute atomic E-state index is 10.0. The molecule has 1 aliphatic rings. The molecule has 1 aromatic rings. The molecule has 0 spiro atoms. The lowest BCUT2D eigenvalue weighted by atomic mass is 10.0. The van der Waals surface area contributed by atoms with Crippen LogP contribution in [0.3, 0.4) is 0 Å². The molecule has 0 radical (unpaired) electrons. The first-order valence-electron chi connectivity index (χ1n) is 4.88. The van der Waals surface area contributed by atoms with Gasteiger partial charge in [0.1, 0.15) is 0 Å². The molecule has 0 bridgehead atoms. The summed E-state index contributed by atoms with van der Waals surface area (Å²) in [4.78, 5) is 5.21. The van der Waals surface area contributed by atoms with Gasteiger partial charge in [0.25, 0.3) is 0 Å². The molecule has 13 heavy (non-hydrogen) atoms. The zero-order chi connectivity index (χ0) is 9.26. The molecule has 1 aromatic heterocycles. The minimum Gasteiger partial charge on any atom is -0.387 e. The van der Waals surface area contributed by atoms with Crippen LogP contribution in [0.25, 0.3) is 0 Å². The van der Waals surface area contributed by atoms with Gasteiger partial charge in [-0.1, -0.05) is 12.8 Å². The van der Waals surface area contributed by atoms with E-state index >= 15 is 0 Å². The lowest BCUT2D eigenvalue weighted by molar-refractivity contribution is 0.115. The van der Waals surface area contributed by atoms with E-state index in [0.29, 0.717) is 5.92 Å². The molecule has 0 aliphatic heterocycles. The average molecular weight is 197 g/mol. The molecular formula is C10H15NOS. The number of nitrogens with zero attached hydrogens (tertiary/aromatic N) is 1. The summed E-state index contributed by atoms with van der Waals surface area (Å²) in [7, 11) is 0. The summed E-state index contributed by atoms with van der Waals surface area (Å²) in [5.41, 5.74) is 0. The van der Waals surface area contributed by atoms with Gasteiger partial charge >= 0.3 is 0 Å². The molecule has 2 rings (SSSR count). The van der Waals surface area contributed by atoms with Gasteiger partial charge in [0.15, 0.2) is 0 Å². The summed E-state index contributed by atoms with van der Waals surface area (Å²) in [6.45, 7) is 1.98. The number of hydrogen-bond acceptors (Lipinski definition) is 3. The molecule has 3 heteroatoms. The van der Waals surface area contributed by atoms with Crippen molar-refractivity contribution < 1.29 is 5.11 Å². The van der Waals surface area contributed by atoms with Crippen molar-refractivity contribution >= 4 is 11.3 Å². The Morgan fingerprint density at radius 3 is 2.77 bits per heavy atom. The monoisotopic (exact) mass is 197 g/mol. The van der Waals surface area contributed by atoms with Crippen LogP contribution in [-0.4, -0.2) is 10.1 Å². The van der Waals surface area contributed by atoms with Crippen molar-refractivity contribution in [2.24, 2.45) is 5.92 Å². The molecule has 2 nitrogen and oxygen atoms in total. The Bertz CT molecular complexity index is 278. The summed E-state index contributed by atoms with van der Waals surface area (Å²) in [6.07, 6.45) is 6.48. The first-order chi connectivity index (χ1) is 6.27. The molecule has 0 amide bonds. The first kappa shape index (κ1) is 9.16. The number of thiazole rings is 1. The van der Waals surface area contributed by atoms with E-state index in [4.69, 9.17) is 0 Å². The van der Waals surface area contributed by atoms with Crippen LogP contribution in [0.15, 0.2) is 6.20 Å². The van der Waals surface area contributed by atoms with E-state index in [0.717, 1.165) is 9.88 Å². The predicted octanol–water partition coefficient (Wildman–Crippen LogP) is 2.68. The van der Waals surface area contributed by atoms with Gasteiger partial charge in [-0.2, -0.15) is 0 Å². The molecular weight excluding hydrogens is 182 g/mol. The summed E-state index contributed by atoms with van der Waals surface area (Å²) in [5.74, 6) is 0.486. The van der Waals surface area contributed by atoms with E-state index in [9.17, 15) is 5.11 Å². The van der Waals surface area contributed by atoms with E-state index < -0.39 is 0 Å². The largest absolute Gasteiger partial charge is 0.387 e. The molecule has 1 aliphatic carbocycles. The second-order valence-corrected chi connectivity index (χ2v) is 5.04. The Morgan fingerprint density at radius 1 is 1.54 bits per heavy atom. The van der Waals surface area contributed by atoms with E-state index in [1.54, 1.807) is 11.3 Å². The summed E-state index contributed by atoms with van der Waals surface area (Å²) >= 11 is 1.62. The third kappa shape index (κ3) is 1.92. The highest BCUT2D eigenvalue weighted by Gasteiger charge is 2.25. The number of hydrogen-bond donors (Lipinski definition) is 1. The van der Waals surface area contributed by atoms with Crippen LogP contribution >= 0.6 is 11.3 Å². The van der Waals surface area contributed by atoms with Crippen molar-refractivity contribution in [3.63, 3.8) is 0 Å². The molecule has 1 heterocycles. The minimum atomic E-state index is -0.256. The Morgan fingerprint density at radius 2 is 2.23 bits per heavy atom. The van der Waals surface area contributed by atoms with Gasteiger partial charge < -0.3 is 5.11 Å². The number of rotatable bonds is 2. The summed E-state index contributed by atoms with van der Waals surface area (Å²) in [6, 6.07) is 0. The molecule has 72 valence electrons. The average Bonchev–Trinajstić information content (AvgIpc) is 2.72. The van der Waals surface area contributed by atoms with Crippen molar-refractivity contribution in [1.29, 1.82) is 0 Å². The van der Waals surface area contributed by atoms with Crippen molar-refractivity contribution in [2.75, 3.05) is 0 Å². The van der Waals surface area contributed by atoms with Crippen LogP contribution in [0.1, 0.15) is 41.7 Å². The number of aromatic nitrogens is 1. The maximum Gasteiger partial charge on any atom is 0.0926 e. The topological polar surface area (TPSA) is 33.1 Å². The standard InChI is InChI=1S/C10H15NOS/c1-7-11-6-9(13-7)10(12)8-4-2-3-5-8/h6,8,10,12H,2-5H2,1H3. The van der Waals surface area contributed by atoms with Crippen LogP contribution < -0.4 is 0 Å². The molecule has 1 atom stereocenters. The van der Waals surface area contributed by atoms with Gasteiger partial charge in [-0.3, -0.25) is 0 Å². The third-order valence-corrected chi connectivity index (χ3v) is 3.76. The van der Waals surface area contributed by atoms with Gasteiger partial charge in [0, 0.05) is 6.20 Å². The van der Waals surface area contributed by atoms with Gasteiger partial charge in [-0.15, -0.1) is 11.3 Å². The quantitative estimate of drug-likeness (QED) is 0.790. The van der Waals surface area contributed by atoms with Gasteiger partial charge in [-0.25, -0.2) is 4.98 Å². The fourth-order valence-corrected chi connectivity index (χ4v) is 2.89. The number of aliphatic hydroxyl groups excluding tert-OH is 1. The highest BCUT2D eigenvalue weighted by Crippen LogP contribution is 2.37. The van der Waals surface area contributed by atoms with Gasteiger partial charge in [0.05, 0.1) is 16.0 Å². The van der Waals surface area contributed by atoms with E-state index in [2.05, 4.69) is 4.98 Å². The number of aliphatic hydroxyl groups is 1. The molecule has 1 unspecified atom stereocenters. The van der Waals surface area contributed by atoms with Crippen LogP contribution in [-0.2, 0) is 0 Å². The van der Waals surface area contributed by atoms with Gasteiger partial charge in [-0.05, 0) is 25.7 Å². The SMILES string of the molecule is Cc1ncc(C(O)C2CCCC2)s1.